The number of likely N-dealkylation sites (tertiary alicyclic amines) is 2. The third kappa shape index (κ3) is 3.74. The van der Waals surface area contributed by atoms with Crippen molar-refractivity contribution >= 4 is 23.3 Å². The predicted molar refractivity (Wildman–Crippen MR) is 88.5 cm³/mol. The van der Waals surface area contributed by atoms with Crippen LogP contribution in [0.4, 0.5) is 0 Å². The zero-order chi connectivity index (χ0) is 14.7. The van der Waals surface area contributed by atoms with Gasteiger partial charge in [-0.2, -0.15) is 0 Å². The molecule has 1 aromatic rings. The van der Waals surface area contributed by atoms with Crippen LogP contribution in [-0.4, -0.2) is 47.9 Å². The van der Waals surface area contributed by atoms with E-state index in [1.54, 1.807) is 17.4 Å². The Balaban J connectivity index is 1.58. The highest BCUT2D eigenvalue weighted by Gasteiger charge is 2.29. The molecule has 1 unspecified atom stereocenters. The van der Waals surface area contributed by atoms with E-state index < -0.39 is 0 Å². The first-order chi connectivity index (χ1) is 10.2. The minimum absolute atomic E-state index is 0.183. The molecule has 2 saturated heterocycles. The van der Waals surface area contributed by atoms with Gasteiger partial charge in [0.05, 0.1) is 0 Å². The fourth-order valence-corrected chi connectivity index (χ4v) is 4.15. The van der Waals surface area contributed by atoms with Crippen molar-refractivity contribution in [1.82, 2.24) is 9.80 Å². The van der Waals surface area contributed by atoms with Crippen LogP contribution in [0.3, 0.4) is 0 Å². The second-order valence-electron chi connectivity index (χ2n) is 6.12. The Morgan fingerprint density at radius 1 is 1.29 bits per heavy atom. The Labute approximate surface area is 131 Å². The van der Waals surface area contributed by atoms with E-state index in [4.69, 9.17) is 0 Å². The van der Waals surface area contributed by atoms with Crippen molar-refractivity contribution in [3.63, 3.8) is 0 Å². The third-order valence-electron chi connectivity index (χ3n) is 4.48. The van der Waals surface area contributed by atoms with Crippen molar-refractivity contribution in [2.75, 3.05) is 26.2 Å². The van der Waals surface area contributed by atoms with Crippen molar-refractivity contribution in [2.24, 2.45) is 0 Å². The number of amides is 1. The molecule has 0 radical (unpaired) electrons. The monoisotopic (exact) mass is 304 g/mol. The van der Waals surface area contributed by atoms with E-state index in [9.17, 15) is 4.79 Å². The standard InChI is InChI=1S/C17H24N2OS/c1-14-6-7-16(21-14)8-9-17(20)19-12-4-5-15(19)13-18-10-2-3-11-18/h6-9,15H,2-5,10-13H2,1H3/b9-8+. The molecule has 0 bridgehead atoms. The molecule has 2 fully saturated rings. The number of nitrogens with zero attached hydrogens (tertiary/aromatic N) is 2. The zero-order valence-electron chi connectivity index (χ0n) is 12.8. The maximum absolute atomic E-state index is 12.4. The van der Waals surface area contributed by atoms with E-state index in [-0.39, 0.29) is 5.91 Å². The fourth-order valence-electron chi connectivity index (χ4n) is 3.37. The summed E-state index contributed by atoms with van der Waals surface area (Å²) in [6.45, 7) is 6.50. The first kappa shape index (κ1) is 14.8. The molecule has 0 aromatic carbocycles. The molecule has 0 aliphatic carbocycles. The minimum Gasteiger partial charge on any atom is -0.335 e. The lowest BCUT2D eigenvalue weighted by molar-refractivity contribution is -0.127. The van der Waals surface area contributed by atoms with Gasteiger partial charge in [-0.05, 0) is 63.9 Å². The van der Waals surface area contributed by atoms with E-state index in [2.05, 4.69) is 28.9 Å². The van der Waals surface area contributed by atoms with Crippen molar-refractivity contribution in [2.45, 2.75) is 38.6 Å². The van der Waals surface area contributed by atoms with Gasteiger partial charge in [-0.3, -0.25) is 4.79 Å². The maximum Gasteiger partial charge on any atom is 0.246 e. The van der Waals surface area contributed by atoms with Crippen LogP contribution in [0.2, 0.25) is 0 Å². The Hall–Kier alpha value is -1.13. The number of carbonyl (C=O) groups excluding carboxylic acids is 1. The average Bonchev–Trinajstić information content (AvgIpc) is 3.19. The molecule has 3 rings (SSSR count). The number of hydrogen-bond donors (Lipinski definition) is 0. The van der Waals surface area contributed by atoms with Crippen LogP contribution < -0.4 is 0 Å². The SMILES string of the molecule is Cc1ccc(/C=C/C(=O)N2CCCC2CN2CCCC2)s1. The molecular formula is C17H24N2OS. The van der Waals surface area contributed by atoms with Gasteiger partial charge in [-0.25, -0.2) is 0 Å². The summed E-state index contributed by atoms with van der Waals surface area (Å²) < 4.78 is 0. The lowest BCUT2D eigenvalue weighted by atomic mass is 10.2. The molecule has 21 heavy (non-hydrogen) atoms. The largest absolute Gasteiger partial charge is 0.335 e. The number of rotatable bonds is 4. The van der Waals surface area contributed by atoms with Crippen LogP contribution in [0, 0.1) is 6.92 Å². The van der Waals surface area contributed by atoms with E-state index in [0.717, 1.165) is 30.8 Å². The summed E-state index contributed by atoms with van der Waals surface area (Å²) in [6.07, 6.45) is 8.67. The highest BCUT2D eigenvalue weighted by molar-refractivity contribution is 7.12. The van der Waals surface area contributed by atoms with Crippen LogP contribution >= 0.6 is 11.3 Å². The summed E-state index contributed by atoms with van der Waals surface area (Å²) in [6, 6.07) is 4.60. The van der Waals surface area contributed by atoms with Crippen LogP contribution in [-0.2, 0) is 4.79 Å². The number of aryl methyl sites for hydroxylation is 1. The second kappa shape index (κ2) is 6.75. The molecule has 3 heterocycles. The highest BCUT2D eigenvalue weighted by atomic mass is 32.1. The Morgan fingerprint density at radius 2 is 2.10 bits per heavy atom. The maximum atomic E-state index is 12.4. The van der Waals surface area contributed by atoms with Crippen molar-refractivity contribution in [3.8, 4) is 0 Å². The second-order valence-corrected chi connectivity index (χ2v) is 7.44. The van der Waals surface area contributed by atoms with Gasteiger partial charge >= 0.3 is 0 Å². The summed E-state index contributed by atoms with van der Waals surface area (Å²) in [7, 11) is 0. The van der Waals surface area contributed by atoms with Gasteiger partial charge in [-0.15, -0.1) is 11.3 Å². The molecule has 114 valence electrons. The Morgan fingerprint density at radius 3 is 2.81 bits per heavy atom. The predicted octanol–water partition coefficient (Wildman–Crippen LogP) is 3.16. The van der Waals surface area contributed by atoms with Crippen LogP contribution in [0.5, 0.6) is 0 Å². The molecular weight excluding hydrogens is 280 g/mol. The molecule has 0 spiro atoms. The molecule has 2 aliphatic rings. The van der Waals surface area contributed by atoms with Crippen LogP contribution in [0.15, 0.2) is 18.2 Å². The number of carbonyl (C=O) groups is 1. The third-order valence-corrected chi connectivity index (χ3v) is 5.45. The number of hydrogen-bond acceptors (Lipinski definition) is 3. The Bertz CT molecular complexity index is 517. The summed E-state index contributed by atoms with van der Waals surface area (Å²) >= 11 is 1.73. The van der Waals surface area contributed by atoms with Crippen LogP contribution in [0.25, 0.3) is 6.08 Å². The molecule has 0 N–H and O–H groups in total. The summed E-state index contributed by atoms with van der Waals surface area (Å²) in [5.41, 5.74) is 0. The minimum atomic E-state index is 0.183. The smallest absolute Gasteiger partial charge is 0.246 e. The highest BCUT2D eigenvalue weighted by Crippen LogP contribution is 2.22. The molecule has 4 heteroatoms. The van der Waals surface area contributed by atoms with E-state index >= 15 is 0 Å². The first-order valence-electron chi connectivity index (χ1n) is 8.00. The van der Waals surface area contributed by atoms with Crippen molar-refractivity contribution in [1.29, 1.82) is 0 Å². The van der Waals surface area contributed by atoms with Crippen molar-refractivity contribution in [3.05, 3.63) is 28.0 Å². The van der Waals surface area contributed by atoms with Crippen LogP contribution in [0.1, 0.15) is 35.4 Å². The zero-order valence-corrected chi connectivity index (χ0v) is 13.6. The molecule has 0 saturated carbocycles. The van der Waals surface area contributed by atoms with E-state index in [1.807, 2.05) is 6.08 Å². The van der Waals surface area contributed by atoms with Gasteiger partial charge < -0.3 is 9.80 Å². The van der Waals surface area contributed by atoms with E-state index in [0.29, 0.717) is 6.04 Å². The quantitative estimate of drug-likeness (QED) is 0.798. The number of thiophene rings is 1. The normalized spacial score (nSPS) is 23.5. The fraction of sp³-hybridized carbons (Fsp3) is 0.588. The molecule has 1 atom stereocenters. The van der Waals surface area contributed by atoms with Gasteiger partial charge in [0.1, 0.15) is 0 Å². The summed E-state index contributed by atoms with van der Waals surface area (Å²) in [5.74, 6) is 0.183. The molecule has 2 aliphatic heterocycles. The van der Waals surface area contributed by atoms with E-state index in [1.165, 1.54) is 30.8 Å². The van der Waals surface area contributed by atoms with Gasteiger partial charge in [0.2, 0.25) is 5.91 Å². The Kier molecular flexibility index (Phi) is 4.76. The molecule has 1 aromatic heterocycles. The van der Waals surface area contributed by atoms with Gasteiger partial charge in [0.15, 0.2) is 0 Å². The van der Waals surface area contributed by atoms with Gasteiger partial charge in [0.25, 0.3) is 0 Å². The topological polar surface area (TPSA) is 23.6 Å². The van der Waals surface area contributed by atoms with Crippen molar-refractivity contribution < 1.29 is 4.79 Å². The first-order valence-corrected chi connectivity index (χ1v) is 8.81. The molecule has 1 amide bonds. The van der Waals surface area contributed by atoms with Gasteiger partial charge in [0, 0.05) is 35.0 Å². The van der Waals surface area contributed by atoms with Gasteiger partial charge in [-0.1, -0.05) is 0 Å². The lowest BCUT2D eigenvalue weighted by Crippen LogP contribution is -2.41. The lowest BCUT2D eigenvalue weighted by Gasteiger charge is -2.27. The summed E-state index contributed by atoms with van der Waals surface area (Å²) in [5, 5.41) is 0. The molecule has 3 nitrogen and oxygen atoms in total. The average molecular weight is 304 g/mol. The summed E-state index contributed by atoms with van der Waals surface area (Å²) in [4.78, 5) is 19.5.